The largest absolute Gasteiger partial charge is 0.506 e. The lowest BCUT2D eigenvalue weighted by Crippen LogP contribution is -2.44. The molecule has 1 unspecified atom stereocenters. The van der Waals surface area contributed by atoms with Gasteiger partial charge in [-0.2, -0.15) is 0 Å². The molecule has 0 saturated carbocycles. The third kappa shape index (κ3) is 3.85. The van der Waals surface area contributed by atoms with Gasteiger partial charge >= 0.3 is 0 Å². The lowest BCUT2D eigenvalue weighted by atomic mass is 10.2. The van der Waals surface area contributed by atoms with E-state index in [1.165, 1.54) is 0 Å². The number of rotatable bonds is 4. The van der Waals surface area contributed by atoms with Crippen LogP contribution in [0.2, 0.25) is 5.02 Å². The number of hydrogen-bond donors (Lipinski definition) is 2. The molecule has 1 atom stereocenters. The molecule has 1 aliphatic rings. The zero-order valence-electron chi connectivity index (χ0n) is 10.5. The minimum absolute atomic E-state index is 0.128. The molecule has 100 valence electrons. The Bertz CT molecular complexity index is 395. The maximum absolute atomic E-state index is 9.37. The predicted octanol–water partition coefficient (Wildman–Crippen LogP) is 1.47. The normalized spacial score (nSPS) is 20.3. The van der Waals surface area contributed by atoms with E-state index < -0.39 is 0 Å². The van der Waals surface area contributed by atoms with Gasteiger partial charge in [-0.15, -0.1) is 0 Å². The first kappa shape index (κ1) is 13.6. The Morgan fingerprint density at radius 1 is 1.56 bits per heavy atom. The molecule has 0 spiro atoms. The smallest absolute Gasteiger partial charge is 0.134 e. The molecule has 0 aromatic heterocycles. The van der Waals surface area contributed by atoms with E-state index in [1.54, 1.807) is 12.1 Å². The summed E-state index contributed by atoms with van der Waals surface area (Å²) in [6.07, 6.45) is 0.247. The van der Waals surface area contributed by atoms with Crippen molar-refractivity contribution in [1.29, 1.82) is 0 Å². The van der Waals surface area contributed by atoms with Crippen molar-refractivity contribution in [2.45, 2.75) is 12.6 Å². The molecule has 2 rings (SSSR count). The van der Waals surface area contributed by atoms with Gasteiger partial charge in [0.2, 0.25) is 0 Å². The number of likely N-dealkylation sites (N-methyl/N-ethyl adjacent to an activating group) is 1. The van der Waals surface area contributed by atoms with Gasteiger partial charge in [-0.3, -0.25) is 4.90 Å². The van der Waals surface area contributed by atoms with Crippen LogP contribution in [-0.2, 0) is 11.3 Å². The van der Waals surface area contributed by atoms with E-state index in [0.717, 1.165) is 38.3 Å². The topological polar surface area (TPSA) is 44.7 Å². The third-order valence-electron chi connectivity index (χ3n) is 2.98. The Labute approximate surface area is 113 Å². The van der Waals surface area contributed by atoms with Gasteiger partial charge in [0.15, 0.2) is 0 Å². The van der Waals surface area contributed by atoms with Crippen LogP contribution in [0.5, 0.6) is 5.75 Å². The van der Waals surface area contributed by atoms with E-state index in [1.807, 2.05) is 6.07 Å². The average Bonchev–Trinajstić information content (AvgIpc) is 2.35. The number of nitrogens with one attached hydrogen (secondary N) is 1. The summed E-state index contributed by atoms with van der Waals surface area (Å²) >= 11 is 5.89. The molecular formula is C13H19ClN2O2. The molecule has 0 radical (unpaired) electrons. The van der Waals surface area contributed by atoms with Crippen LogP contribution in [0, 0.1) is 0 Å². The van der Waals surface area contributed by atoms with Crippen molar-refractivity contribution >= 4 is 11.6 Å². The van der Waals surface area contributed by atoms with Crippen molar-refractivity contribution in [3.05, 3.63) is 28.8 Å². The fourth-order valence-corrected chi connectivity index (χ4v) is 2.31. The number of halogens is 1. The molecule has 4 nitrogen and oxygen atoms in total. The zero-order valence-corrected chi connectivity index (χ0v) is 11.3. The minimum atomic E-state index is 0.128. The molecular weight excluding hydrogens is 252 g/mol. The number of aromatic hydroxyl groups is 1. The Morgan fingerprint density at radius 3 is 3.06 bits per heavy atom. The highest BCUT2D eigenvalue weighted by atomic mass is 35.5. The monoisotopic (exact) mass is 270 g/mol. The molecule has 1 aromatic rings. The summed E-state index contributed by atoms with van der Waals surface area (Å²) in [6, 6.07) is 5.31. The van der Waals surface area contributed by atoms with Crippen molar-refractivity contribution in [3.63, 3.8) is 0 Å². The second-order valence-corrected chi connectivity index (χ2v) is 5.09. The molecule has 18 heavy (non-hydrogen) atoms. The first-order valence-corrected chi connectivity index (χ1v) is 6.51. The van der Waals surface area contributed by atoms with Crippen LogP contribution >= 0.6 is 11.6 Å². The van der Waals surface area contributed by atoms with Gasteiger partial charge in [-0.05, 0) is 24.7 Å². The molecule has 2 N–H and O–H groups in total. The van der Waals surface area contributed by atoms with Gasteiger partial charge in [0, 0.05) is 26.2 Å². The summed E-state index contributed by atoms with van der Waals surface area (Å²) in [5.41, 5.74) is 1.09. The highest BCUT2D eigenvalue weighted by Gasteiger charge is 2.15. The van der Waals surface area contributed by atoms with Crippen molar-refractivity contribution in [2.75, 3.05) is 33.3 Å². The molecule has 1 aliphatic heterocycles. The lowest BCUT2D eigenvalue weighted by molar-refractivity contribution is 0.00884. The van der Waals surface area contributed by atoms with Crippen LogP contribution in [0.15, 0.2) is 18.2 Å². The van der Waals surface area contributed by atoms with E-state index >= 15 is 0 Å². The highest BCUT2D eigenvalue weighted by Crippen LogP contribution is 2.24. The summed E-state index contributed by atoms with van der Waals surface area (Å²) in [5, 5.41) is 13.1. The summed E-state index contributed by atoms with van der Waals surface area (Å²) in [4.78, 5) is 2.19. The van der Waals surface area contributed by atoms with Gasteiger partial charge in [0.1, 0.15) is 5.75 Å². The van der Waals surface area contributed by atoms with E-state index in [2.05, 4.69) is 17.3 Å². The number of ether oxygens (including phenoxy) is 1. The van der Waals surface area contributed by atoms with E-state index in [4.69, 9.17) is 16.3 Å². The van der Waals surface area contributed by atoms with Gasteiger partial charge in [-0.1, -0.05) is 17.7 Å². The first-order chi connectivity index (χ1) is 8.65. The van der Waals surface area contributed by atoms with Crippen LogP contribution in [0.4, 0.5) is 0 Å². The van der Waals surface area contributed by atoms with Crippen LogP contribution in [0.25, 0.3) is 0 Å². The number of benzene rings is 1. The summed E-state index contributed by atoms with van der Waals surface area (Å²) in [6.45, 7) is 4.29. The van der Waals surface area contributed by atoms with Crippen molar-refractivity contribution in [3.8, 4) is 5.75 Å². The molecule has 1 saturated heterocycles. The van der Waals surface area contributed by atoms with Gasteiger partial charge < -0.3 is 15.2 Å². The highest BCUT2D eigenvalue weighted by molar-refractivity contribution is 6.32. The molecule has 1 fully saturated rings. The maximum atomic E-state index is 9.37. The molecule has 1 aromatic carbocycles. The molecule has 5 heteroatoms. The Kier molecular flexibility index (Phi) is 4.83. The molecule has 0 bridgehead atoms. The maximum Gasteiger partial charge on any atom is 0.134 e. The Morgan fingerprint density at radius 2 is 2.39 bits per heavy atom. The standard InChI is InChI=1S/C13H19ClN2O2/c1-16(9-11-7-15-4-5-18-11)8-10-2-3-13(17)12(14)6-10/h2-3,6,11,15,17H,4-5,7-9H2,1H3. The van der Waals surface area contributed by atoms with Crippen LogP contribution in [0.3, 0.4) is 0 Å². The number of hydrogen-bond acceptors (Lipinski definition) is 4. The van der Waals surface area contributed by atoms with E-state index in [0.29, 0.717) is 5.02 Å². The zero-order chi connectivity index (χ0) is 13.0. The van der Waals surface area contributed by atoms with Crippen LogP contribution in [-0.4, -0.2) is 49.4 Å². The van der Waals surface area contributed by atoms with E-state index in [9.17, 15) is 5.11 Å². The quantitative estimate of drug-likeness (QED) is 0.870. The number of morpholine rings is 1. The number of phenolic OH excluding ortho intramolecular Hbond substituents is 1. The number of nitrogens with zero attached hydrogens (tertiary/aromatic N) is 1. The van der Waals surface area contributed by atoms with Crippen LogP contribution < -0.4 is 5.32 Å². The minimum Gasteiger partial charge on any atom is -0.506 e. The lowest BCUT2D eigenvalue weighted by Gasteiger charge is -2.28. The summed E-state index contributed by atoms with van der Waals surface area (Å²) < 4.78 is 5.66. The predicted molar refractivity (Wildman–Crippen MR) is 72.1 cm³/mol. The number of phenols is 1. The average molecular weight is 271 g/mol. The van der Waals surface area contributed by atoms with Gasteiger partial charge in [0.05, 0.1) is 17.7 Å². The second-order valence-electron chi connectivity index (χ2n) is 4.68. The first-order valence-electron chi connectivity index (χ1n) is 6.13. The van der Waals surface area contributed by atoms with Crippen LogP contribution in [0.1, 0.15) is 5.56 Å². The van der Waals surface area contributed by atoms with Gasteiger partial charge in [0.25, 0.3) is 0 Å². The summed E-state index contributed by atoms with van der Waals surface area (Å²) in [7, 11) is 2.05. The van der Waals surface area contributed by atoms with E-state index in [-0.39, 0.29) is 11.9 Å². The van der Waals surface area contributed by atoms with Crippen molar-refractivity contribution in [2.24, 2.45) is 0 Å². The van der Waals surface area contributed by atoms with Gasteiger partial charge in [-0.25, -0.2) is 0 Å². The molecule has 0 aliphatic carbocycles. The Hall–Kier alpha value is -0.810. The van der Waals surface area contributed by atoms with Crippen molar-refractivity contribution < 1.29 is 9.84 Å². The van der Waals surface area contributed by atoms with Crippen molar-refractivity contribution in [1.82, 2.24) is 10.2 Å². The summed E-state index contributed by atoms with van der Waals surface area (Å²) in [5.74, 6) is 0.128. The fourth-order valence-electron chi connectivity index (χ4n) is 2.11. The molecule has 0 amide bonds. The third-order valence-corrected chi connectivity index (χ3v) is 3.29. The second kappa shape index (κ2) is 6.38. The Balaban J connectivity index is 1.85. The molecule has 1 heterocycles. The fraction of sp³-hybridized carbons (Fsp3) is 0.538. The SMILES string of the molecule is CN(Cc1ccc(O)c(Cl)c1)CC1CNCCO1.